The fourth-order valence-corrected chi connectivity index (χ4v) is 5.83. The van der Waals surface area contributed by atoms with Crippen LogP contribution in [0.3, 0.4) is 0 Å². The van der Waals surface area contributed by atoms with E-state index >= 15 is 0 Å². The number of sulfonamides is 1. The average molecular weight is 417 g/mol. The summed E-state index contributed by atoms with van der Waals surface area (Å²) in [7, 11) is -3.51. The second-order valence-corrected chi connectivity index (χ2v) is 9.77. The number of phenolic OH excluding ortho intramolecular Hbond substituents is 1. The molecular weight excluding hydrogens is 388 g/mol. The lowest BCUT2D eigenvalue weighted by molar-refractivity contribution is 0.0601. The molecule has 0 bridgehead atoms. The van der Waals surface area contributed by atoms with Crippen LogP contribution >= 0.6 is 0 Å². The Morgan fingerprint density at radius 3 is 2.34 bits per heavy atom. The standard InChI is InChI=1S/C22H28N2O4S/c25-21-8-6-19(7-9-21)24-13-12-23(29(26,27)22-4-2-1-3-5-22)17-20(24)16-18-10-14-28-15-11-18/h1-9,18,20,25H,10-17H2/t20-/m1/s1. The molecule has 4 rings (SSSR count). The summed E-state index contributed by atoms with van der Waals surface area (Å²) in [5.74, 6) is 0.771. The van der Waals surface area contributed by atoms with E-state index in [1.54, 1.807) is 40.7 Å². The second-order valence-electron chi connectivity index (χ2n) is 7.83. The Kier molecular flexibility index (Phi) is 6.08. The summed E-state index contributed by atoms with van der Waals surface area (Å²) in [6, 6.07) is 16.0. The van der Waals surface area contributed by atoms with Crippen LogP contribution in [0.5, 0.6) is 5.75 Å². The fraction of sp³-hybridized carbons (Fsp3) is 0.455. The number of rotatable bonds is 5. The minimum absolute atomic E-state index is 0.0925. The zero-order chi connectivity index (χ0) is 20.3. The third-order valence-corrected chi connectivity index (χ3v) is 7.83. The maximum Gasteiger partial charge on any atom is 0.243 e. The van der Waals surface area contributed by atoms with Gasteiger partial charge in [-0.25, -0.2) is 8.42 Å². The van der Waals surface area contributed by atoms with Crippen molar-refractivity contribution in [2.75, 3.05) is 37.7 Å². The van der Waals surface area contributed by atoms with E-state index in [1.165, 1.54) is 0 Å². The largest absolute Gasteiger partial charge is 0.508 e. The van der Waals surface area contributed by atoms with Gasteiger partial charge in [-0.15, -0.1) is 0 Å². The van der Waals surface area contributed by atoms with E-state index < -0.39 is 10.0 Å². The van der Waals surface area contributed by atoms with Gasteiger partial charge in [-0.05, 0) is 61.6 Å². The highest BCUT2D eigenvalue weighted by molar-refractivity contribution is 7.89. The third kappa shape index (κ3) is 4.57. The van der Waals surface area contributed by atoms with Crippen LogP contribution < -0.4 is 4.90 Å². The van der Waals surface area contributed by atoms with Crippen molar-refractivity contribution in [3.63, 3.8) is 0 Å². The predicted molar refractivity (Wildman–Crippen MR) is 113 cm³/mol. The maximum atomic E-state index is 13.2. The van der Waals surface area contributed by atoms with E-state index in [0.29, 0.717) is 30.4 Å². The Morgan fingerprint density at radius 1 is 0.966 bits per heavy atom. The highest BCUT2D eigenvalue weighted by Gasteiger charge is 2.35. The second kappa shape index (κ2) is 8.73. The Bertz CT molecular complexity index is 896. The number of piperazine rings is 1. The Morgan fingerprint density at radius 2 is 1.66 bits per heavy atom. The van der Waals surface area contributed by atoms with Gasteiger partial charge >= 0.3 is 0 Å². The summed E-state index contributed by atoms with van der Waals surface area (Å²) in [5.41, 5.74) is 1.02. The molecular formula is C22H28N2O4S. The summed E-state index contributed by atoms with van der Waals surface area (Å²) >= 11 is 0. The van der Waals surface area contributed by atoms with Crippen molar-refractivity contribution >= 4 is 15.7 Å². The van der Waals surface area contributed by atoms with E-state index in [4.69, 9.17) is 4.74 Å². The molecule has 7 heteroatoms. The molecule has 2 saturated heterocycles. The van der Waals surface area contributed by atoms with Gasteiger partial charge < -0.3 is 14.7 Å². The first-order valence-corrected chi connectivity index (χ1v) is 11.7. The lowest BCUT2D eigenvalue weighted by Gasteiger charge is -2.43. The number of nitrogens with zero attached hydrogens (tertiary/aromatic N) is 2. The Hall–Kier alpha value is -2.09. The van der Waals surface area contributed by atoms with Crippen LogP contribution in [0, 0.1) is 5.92 Å². The summed E-state index contributed by atoms with van der Waals surface area (Å²) in [6.07, 6.45) is 2.97. The molecule has 0 saturated carbocycles. The van der Waals surface area contributed by atoms with E-state index in [0.717, 1.165) is 38.2 Å². The van der Waals surface area contributed by atoms with Gasteiger partial charge in [-0.3, -0.25) is 0 Å². The molecule has 156 valence electrons. The predicted octanol–water partition coefficient (Wildman–Crippen LogP) is 3.09. The number of phenols is 1. The van der Waals surface area contributed by atoms with Gasteiger partial charge in [0.2, 0.25) is 10.0 Å². The molecule has 0 spiro atoms. The summed E-state index contributed by atoms with van der Waals surface area (Å²) in [6.45, 7) is 3.10. The van der Waals surface area contributed by atoms with Crippen molar-refractivity contribution in [2.45, 2.75) is 30.2 Å². The molecule has 2 aliphatic rings. The van der Waals surface area contributed by atoms with Crippen LogP contribution in [0.2, 0.25) is 0 Å². The molecule has 29 heavy (non-hydrogen) atoms. The highest BCUT2D eigenvalue weighted by atomic mass is 32.2. The number of hydrogen-bond donors (Lipinski definition) is 1. The van der Waals surface area contributed by atoms with E-state index in [2.05, 4.69) is 4.90 Å². The molecule has 0 radical (unpaired) electrons. The fourth-order valence-electron chi connectivity index (χ4n) is 4.34. The van der Waals surface area contributed by atoms with Gasteiger partial charge in [0.15, 0.2) is 0 Å². The molecule has 0 aromatic heterocycles. The Labute approximate surface area is 172 Å². The molecule has 0 amide bonds. The first-order chi connectivity index (χ1) is 14.0. The number of ether oxygens (including phenoxy) is 1. The zero-order valence-corrected chi connectivity index (χ0v) is 17.3. The number of aromatic hydroxyl groups is 1. The molecule has 0 unspecified atom stereocenters. The minimum Gasteiger partial charge on any atom is -0.508 e. The van der Waals surface area contributed by atoms with Gasteiger partial charge in [-0.2, -0.15) is 4.31 Å². The van der Waals surface area contributed by atoms with E-state index in [9.17, 15) is 13.5 Å². The van der Waals surface area contributed by atoms with Gasteiger partial charge in [0.25, 0.3) is 0 Å². The van der Waals surface area contributed by atoms with Crippen molar-refractivity contribution < 1.29 is 18.3 Å². The van der Waals surface area contributed by atoms with Crippen LogP contribution in [0.4, 0.5) is 5.69 Å². The van der Waals surface area contributed by atoms with Crippen LogP contribution in [0.1, 0.15) is 19.3 Å². The number of benzene rings is 2. The smallest absolute Gasteiger partial charge is 0.243 e. The molecule has 1 atom stereocenters. The van der Waals surface area contributed by atoms with Gasteiger partial charge in [0, 0.05) is 44.6 Å². The molecule has 2 aromatic carbocycles. The van der Waals surface area contributed by atoms with Crippen molar-refractivity contribution in [2.24, 2.45) is 5.92 Å². The molecule has 2 fully saturated rings. The first-order valence-electron chi connectivity index (χ1n) is 10.2. The lowest BCUT2D eigenvalue weighted by Crippen LogP contribution is -2.55. The first kappa shape index (κ1) is 20.2. The number of hydrogen-bond acceptors (Lipinski definition) is 5. The maximum absolute atomic E-state index is 13.2. The SMILES string of the molecule is O=S(=O)(c1ccccc1)N1CCN(c2ccc(O)cc2)[C@H](CC2CCOCC2)C1. The normalized spacial score (nSPS) is 21.9. The van der Waals surface area contributed by atoms with Crippen molar-refractivity contribution in [3.8, 4) is 5.75 Å². The molecule has 1 N–H and O–H groups in total. The van der Waals surface area contributed by atoms with Crippen LogP contribution in [-0.2, 0) is 14.8 Å². The van der Waals surface area contributed by atoms with Crippen molar-refractivity contribution in [3.05, 3.63) is 54.6 Å². The van der Waals surface area contributed by atoms with Crippen LogP contribution in [-0.4, -0.2) is 56.7 Å². The van der Waals surface area contributed by atoms with Gasteiger partial charge in [-0.1, -0.05) is 18.2 Å². The third-order valence-electron chi connectivity index (χ3n) is 5.95. The van der Waals surface area contributed by atoms with Crippen LogP contribution in [0.15, 0.2) is 59.5 Å². The molecule has 2 aromatic rings. The van der Waals surface area contributed by atoms with Crippen molar-refractivity contribution in [1.29, 1.82) is 0 Å². The highest BCUT2D eigenvalue weighted by Crippen LogP contribution is 2.31. The topological polar surface area (TPSA) is 70.1 Å². The lowest BCUT2D eigenvalue weighted by atomic mass is 9.91. The Balaban J connectivity index is 1.57. The van der Waals surface area contributed by atoms with Gasteiger partial charge in [0.05, 0.1) is 4.90 Å². The number of anilines is 1. The minimum atomic E-state index is -3.51. The molecule has 2 aliphatic heterocycles. The summed E-state index contributed by atoms with van der Waals surface area (Å²) in [5, 5.41) is 9.64. The monoisotopic (exact) mass is 416 g/mol. The van der Waals surface area contributed by atoms with E-state index in [1.807, 2.05) is 18.2 Å². The van der Waals surface area contributed by atoms with Crippen LogP contribution in [0.25, 0.3) is 0 Å². The summed E-state index contributed by atoms with van der Waals surface area (Å²) < 4.78 is 33.5. The molecule has 6 nitrogen and oxygen atoms in total. The molecule has 2 heterocycles. The quantitative estimate of drug-likeness (QED) is 0.811. The average Bonchev–Trinajstić information content (AvgIpc) is 2.76. The van der Waals surface area contributed by atoms with E-state index in [-0.39, 0.29) is 11.8 Å². The zero-order valence-electron chi connectivity index (χ0n) is 16.5. The summed E-state index contributed by atoms with van der Waals surface area (Å²) in [4.78, 5) is 2.65. The van der Waals surface area contributed by atoms with Crippen molar-refractivity contribution in [1.82, 2.24) is 4.31 Å². The van der Waals surface area contributed by atoms with Gasteiger partial charge in [0.1, 0.15) is 5.75 Å². The molecule has 0 aliphatic carbocycles.